The van der Waals surface area contributed by atoms with Crippen LogP contribution >= 0.6 is 7.82 Å². The summed E-state index contributed by atoms with van der Waals surface area (Å²) in [5.74, 6) is -1.32. The highest BCUT2D eigenvalue weighted by atomic mass is 31.2. The Hall–Kier alpha value is -1.67. The molecule has 0 bridgehead atoms. The summed E-state index contributed by atoms with van der Waals surface area (Å²) in [6.45, 7) is 3.35. The first-order valence-electron chi connectivity index (χ1n) is 24.2. The number of carbonyl (C=O) groups excluding carboxylic acids is 2. The number of ether oxygens (including phenoxy) is 3. The zero-order valence-corrected chi connectivity index (χ0v) is 39.1. The molecule has 13 nitrogen and oxygen atoms in total. The van der Waals surface area contributed by atoms with E-state index in [1.165, 1.54) is 96.3 Å². The van der Waals surface area contributed by atoms with Gasteiger partial charge in [-0.15, -0.1) is 0 Å². The molecule has 358 valence electrons. The van der Waals surface area contributed by atoms with E-state index in [0.29, 0.717) is 32.1 Å². The number of rotatable bonds is 41. The average molecular weight is 890 g/mol. The van der Waals surface area contributed by atoms with Gasteiger partial charge in [-0.3, -0.25) is 18.6 Å². The Bertz CT molecular complexity index is 1170. The maximum Gasteiger partial charge on any atom is 0.472 e. The van der Waals surface area contributed by atoms with Gasteiger partial charge in [0, 0.05) is 31.7 Å². The predicted molar refractivity (Wildman–Crippen MR) is 242 cm³/mol. The van der Waals surface area contributed by atoms with E-state index in [-0.39, 0.29) is 44.9 Å². The van der Waals surface area contributed by atoms with Crippen molar-refractivity contribution in [2.24, 2.45) is 11.7 Å². The molecule has 0 amide bonds. The molecule has 0 aliphatic carbocycles. The number of phosphoric ester groups is 1. The summed E-state index contributed by atoms with van der Waals surface area (Å²) in [5.41, 5.74) is 5.36. The van der Waals surface area contributed by atoms with Crippen molar-refractivity contribution in [1.82, 2.24) is 0 Å². The minimum absolute atomic E-state index is 0.0157. The van der Waals surface area contributed by atoms with Gasteiger partial charge >= 0.3 is 19.8 Å². The molecule has 1 heterocycles. The Morgan fingerprint density at radius 2 is 1.28 bits per heavy atom. The molecule has 0 aromatic rings. The van der Waals surface area contributed by atoms with Crippen molar-refractivity contribution >= 4 is 19.8 Å². The molecule has 1 saturated heterocycles. The normalized spacial score (nSPS) is 20.2. The molecule has 1 fully saturated rings. The summed E-state index contributed by atoms with van der Waals surface area (Å²) in [4.78, 5) is 35.2. The predicted octanol–water partition coefficient (Wildman–Crippen LogP) is 10.1. The Balaban J connectivity index is 2.35. The molecule has 6 N–H and O–H groups in total. The van der Waals surface area contributed by atoms with Crippen LogP contribution in [0.1, 0.15) is 200 Å². The number of carbonyl (C=O) groups is 2. The smallest absolute Gasteiger partial charge is 0.462 e. The number of phosphoric acid groups is 1. The average Bonchev–Trinajstić information content (AvgIpc) is 3.23. The zero-order chi connectivity index (χ0) is 44.8. The lowest BCUT2D eigenvalue weighted by Crippen LogP contribution is -2.43. The molecule has 1 rings (SSSR count). The Kier molecular flexibility index (Phi) is 36.4. The summed E-state index contributed by atoms with van der Waals surface area (Å²) >= 11 is 0. The van der Waals surface area contributed by atoms with Gasteiger partial charge in [0.15, 0.2) is 12.4 Å². The first-order chi connectivity index (χ1) is 29.5. The van der Waals surface area contributed by atoms with Crippen LogP contribution in [0.2, 0.25) is 0 Å². The molecule has 14 heteroatoms. The van der Waals surface area contributed by atoms with Gasteiger partial charge in [-0.25, -0.2) is 4.57 Å². The van der Waals surface area contributed by atoms with Crippen LogP contribution in [0.15, 0.2) is 24.3 Å². The van der Waals surface area contributed by atoms with Crippen LogP contribution in [0.4, 0.5) is 0 Å². The molecule has 1 aliphatic heterocycles. The fourth-order valence-corrected chi connectivity index (χ4v) is 8.21. The van der Waals surface area contributed by atoms with Crippen molar-refractivity contribution in [3.05, 3.63) is 24.3 Å². The van der Waals surface area contributed by atoms with Gasteiger partial charge in [-0.2, -0.15) is 0 Å². The SMILES string of the molecule is CCCCCCCCCCCCCCCCCCCCCC(=O)O[C@H](COC(=O)CCC/C=C\C[C@H]1[C@@H](O)CC(O)O[C@@H]1/C=C/[C@@H](O)CCCCC)COP(=O)(O)OCCN. The van der Waals surface area contributed by atoms with Crippen LogP contribution in [0, 0.1) is 5.92 Å². The lowest BCUT2D eigenvalue weighted by atomic mass is 9.87. The van der Waals surface area contributed by atoms with E-state index >= 15 is 0 Å². The molecule has 0 saturated carbocycles. The van der Waals surface area contributed by atoms with E-state index in [0.717, 1.165) is 38.5 Å². The first-order valence-corrected chi connectivity index (χ1v) is 25.7. The number of unbranched alkanes of at least 4 members (excludes halogenated alkanes) is 21. The highest BCUT2D eigenvalue weighted by molar-refractivity contribution is 7.47. The maximum atomic E-state index is 12.7. The molecule has 0 radical (unpaired) electrons. The molecule has 7 atom stereocenters. The van der Waals surface area contributed by atoms with Gasteiger partial charge in [0.2, 0.25) is 0 Å². The first kappa shape index (κ1) is 57.3. The van der Waals surface area contributed by atoms with Crippen molar-refractivity contribution in [1.29, 1.82) is 0 Å². The minimum atomic E-state index is -4.45. The third-order valence-electron chi connectivity index (χ3n) is 11.1. The van der Waals surface area contributed by atoms with Gasteiger partial charge in [0.25, 0.3) is 0 Å². The number of aliphatic hydroxyl groups is 3. The van der Waals surface area contributed by atoms with E-state index < -0.39 is 57.1 Å². The van der Waals surface area contributed by atoms with Crippen molar-refractivity contribution in [3.63, 3.8) is 0 Å². The number of hydrogen-bond acceptors (Lipinski definition) is 12. The molecular formula is C47H88NO12P. The summed E-state index contributed by atoms with van der Waals surface area (Å²) in [6, 6.07) is 0. The van der Waals surface area contributed by atoms with Crippen LogP contribution in [-0.2, 0) is 37.4 Å². The standard InChI is InChI=1S/C47H88NO12P/c1-3-5-7-8-9-10-11-12-13-14-15-16-17-18-19-20-21-22-28-32-46(52)59-41(39-58-61(54,55)57-36-35-48)38-56-45(51)31-27-24-23-26-30-42-43(50)37-47(53)60-44(42)34-33-40(49)29-25-6-4-2/h23,26,33-34,40-44,47,49-50,53H,3-22,24-25,27-32,35-39,48H2,1-2H3,(H,54,55)/b26-23-,34-33+/t40-,41+,42-,43-,44+,47?/m0/s1. The largest absolute Gasteiger partial charge is 0.472 e. The van der Waals surface area contributed by atoms with Crippen molar-refractivity contribution in [3.8, 4) is 0 Å². The number of allylic oxidation sites excluding steroid dienone is 2. The number of hydrogen-bond donors (Lipinski definition) is 5. The third kappa shape index (κ3) is 33.5. The highest BCUT2D eigenvalue weighted by Gasteiger charge is 2.35. The number of nitrogens with two attached hydrogens (primary N) is 1. The van der Waals surface area contributed by atoms with Gasteiger partial charge in [0.05, 0.1) is 31.5 Å². The fourth-order valence-electron chi connectivity index (χ4n) is 7.44. The van der Waals surface area contributed by atoms with E-state index in [4.69, 9.17) is 29.0 Å². The topological polar surface area (TPSA) is 204 Å². The monoisotopic (exact) mass is 890 g/mol. The van der Waals surface area contributed by atoms with E-state index in [2.05, 4.69) is 13.8 Å². The number of aliphatic hydroxyl groups excluding tert-OH is 3. The van der Waals surface area contributed by atoms with Crippen LogP contribution < -0.4 is 5.73 Å². The van der Waals surface area contributed by atoms with Crippen molar-refractivity contribution in [2.75, 3.05) is 26.4 Å². The molecular weight excluding hydrogens is 801 g/mol. The number of esters is 2. The summed E-state index contributed by atoms with van der Waals surface area (Å²) < 4.78 is 38.5. The summed E-state index contributed by atoms with van der Waals surface area (Å²) in [5, 5.41) is 31.0. The zero-order valence-electron chi connectivity index (χ0n) is 38.2. The molecule has 61 heavy (non-hydrogen) atoms. The quantitative estimate of drug-likeness (QED) is 0.0168. The summed E-state index contributed by atoms with van der Waals surface area (Å²) in [6.07, 6.45) is 32.5. The van der Waals surface area contributed by atoms with Gasteiger partial charge < -0.3 is 40.2 Å². The van der Waals surface area contributed by atoms with Gasteiger partial charge in [-0.05, 0) is 32.1 Å². The summed E-state index contributed by atoms with van der Waals surface area (Å²) in [7, 11) is -4.45. The molecule has 0 spiro atoms. The molecule has 1 aliphatic rings. The molecule has 0 aromatic heterocycles. The molecule has 2 unspecified atom stereocenters. The second-order valence-electron chi connectivity index (χ2n) is 16.9. The second kappa shape index (κ2) is 38.8. The Morgan fingerprint density at radius 3 is 1.85 bits per heavy atom. The van der Waals surface area contributed by atoms with E-state index in [9.17, 15) is 34.4 Å². The lowest BCUT2D eigenvalue weighted by molar-refractivity contribution is -0.199. The Labute approximate surface area is 369 Å². The van der Waals surface area contributed by atoms with Crippen LogP contribution in [0.3, 0.4) is 0 Å². The second-order valence-corrected chi connectivity index (χ2v) is 18.3. The van der Waals surface area contributed by atoms with Crippen LogP contribution in [0.5, 0.6) is 0 Å². The maximum absolute atomic E-state index is 12.7. The van der Waals surface area contributed by atoms with E-state index in [1.54, 1.807) is 12.2 Å². The minimum Gasteiger partial charge on any atom is -0.462 e. The molecule has 0 aromatic carbocycles. The fraction of sp³-hybridized carbons (Fsp3) is 0.872. The Morgan fingerprint density at radius 1 is 0.738 bits per heavy atom. The lowest BCUT2D eigenvalue weighted by Gasteiger charge is -2.36. The van der Waals surface area contributed by atoms with Crippen molar-refractivity contribution in [2.45, 2.75) is 231 Å². The van der Waals surface area contributed by atoms with Gasteiger partial charge in [-0.1, -0.05) is 173 Å². The van der Waals surface area contributed by atoms with Crippen LogP contribution in [0.25, 0.3) is 0 Å². The van der Waals surface area contributed by atoms with Crippen molar-refractivity contribution < 1.29 is 57.6 Å². The van der Waals surface area contributed by atoms with Gasteiger partial charge in [0.1, 0.15) is 6.61 Å². The van der Waals surface area contributed by atoms with E-state index in [1.807, 2.05) is 12.2 Å². The highest BCUT2D eigenvalue weighted by Crippen LogP contribution is 2.43. The third-order valence-corrected chi connectivity index (χ3v) is 12.1. The van der Waals surface area contributed by atoms with Crippen LogP contribution in [-0.4, -0.2) is 89.2 Å².